The van der Waals surface area contributed by atoms with Crippen LogP contribution in [0.1, 0.15) is 24.1 Å². The largest absolute Gasteiger partial charge is 0.356 e. The van der Waals surface area contributed by atoms with Gasteiger partial charge in [0, 0.05) is 48.9 Å². The normalized spacial score (nSPS) is 15.8. The molecular weight excluding hydrogens is 320 g/mol. The van der Waals surface area contributed by atoms with Gasteiger partial charge in [0.25, 0.3) is 0 Å². The number of hydrogen-bond donors (Lipinski definition) is 2. The fraction of sp³-hybridized carbons (Fsp3) is 0.368. The molecular formula is C19H23ClN4. The molecule has 24 heavy (non-hydrogen) atoms. The molecule has 0 atom stereocenters. The average Bonchev–Trinajstić information content (AvgIpc) is 3.40. The highest BCUT2D eigenvalue weighted by atomic mass is 35.5. The van der Waals surface area contributed by atoms with Crippen molar-refractivity contribution in [2.24, 2.45) is 4.99 Å². The Morgan fingerprint density at radius 2 is 2.08 bits per heavy atom. The van der Waals surface area contributed by atoms with Crippen molar-refractivity contribution in [2.75, 3.05) is 20.1 Å². The summed E-state index contributed by atoms with van der Waals surface area (Å²) < 4.78 is 0. The van der Waals surface area contributed by atoms with Crippen LogP contribution in [-0.2, 0) is 11.8 Å². The fourth-order valence-corrected chi connectivity index (χ4v) is 3.06. The van der Waals surface area contributed by atoms with Crippen LogP contribution in [0.4, 0.5) is 0 Å². The molecule has 0 unspecified atom stereocenters. The van der Waals surface area contributed by atoms with Gasteiger partial charge in [0.2, 0.25) is 0 Å². The second kappa shape index (κ2) is 7.67. The van der Waals surface area contributed by atoms with Gasteiger partial charge in [-0.2, -0.15) is 0 Å². The topological polar surface area (TPSA) is 49.3 Å². The summed E-state index contributed by atoms with van der Waals surface area (Å²) >= 11 is 6.13. The predicted octanol–water partition coefficient (Wildman–Crippen LogP) is 3.17. The van der Waals surface area contributed by atoms with E-state index < -0.39 is 0 Å². The third-order valence-corrected chi connectivity index (χ3v) is 4.74. The zero-order valence-corrected chi connectivity index (χ0v) is 14.7. The van der Waals surface area contributed by atoms with Crippen molar-refractivity contribution in [3.8, 4) is 0 Å². The highest BCUT2D eigenvalue weighted by Crippen LogP contribution is 2.48. The average molecular weight is 343 g/mol. The third kappa shape index (κ3) is 4.26. The van der Waals surface area contributed by atoms with E-state index in [1.165, 1.54) is 18.4 Å². The van der Waals surface area contributed by atoms with Gasteiger partial charge >= 0.3 is 0 Å². The number of benzene rings is 1. The van der Waals surface area contributed by atoms with E-state index in [0.29, 0.717) is 0 Å². The van der Waals surface area contributed by atoms with Gasteiger partial charge in [0.1, 0.15) is 0 Å². The summed E-state index contributed by atoms with van der Waals surface area (Å²) in [4.78, 5) is 8.64. The van der Waals surface area contributed by atoms with Crippen LogP contribution in [0, 0.1) is 0 Å². The molecule has 4 nitrogen and oxygen atoms in total. The number of halogens is 1. The zero-order valence-electron chi connectivity index (χ0n) is 13.9. The maximum Gasteiger partial charge on any atom is 0.191 e. The number of hydrogen-bond acceptors (Lipinski definition) is 2. The molecule has 2 aromatic rings. The maximum absolute atomic E-state index is 6.13. The van der Waals surface area contributed by atoms with Gasteiger partial charge in [0.05, 0.1) is 0 Å². The molecule has 0 spiro atoms. The van der Waals surface area contributed by atoms with E-state index in [1.807, 2.05) is 36.5 Å². The van der Waals surface area contributed by atoms with Crippen LogP contribution in [-0.4, -0.2) is 31.1 Å². The first-order chi connectivity index (χ1) is 11.7. The first kappa shape index (κ1) is 16.8. The van der Waals surface area contributed by atoms with Crippen LogP contribution in [0.3, 0.4) is 0 Å². The van der Waals surface area contributed by atoms with Gasteiger partial charge in [-0.3, -0.25) is 9.98 Å². The molecule has 1 aliphatic rings. The van der Waals surface area contributed by atoms with Gasteiger partial charge < -0.3 is 10.6 Å². The molecule has 1 saturated carbocycles. The number of nitrogens with one attached hydrogen (secondary N) is 2. The van der Waals surface area contributed by atoms with E-state index in [9.17, 15) is 0 Å². The summed E-state index contributed by atoms with van der Waals surface area (Å²) in [7, 11) is 1.80. The van der Waals surface area contributed by atoms with Crippen molar-refractivity contribution < 1.29 is 0 Å². The number of guanidine groups is 1. The molecule has 5 heteroatoms. The summed E-state index contributed by atoms with van der Waals surface area (Å²) in [6.45, 7) is 1.68. The third-order valence-electron chi connectivity index (χ3n) is 4.51. The van der Waals surface area contributed by atoms with Crippen LogP contribution in [0.5, 0.6) is 0 Å². The predicted molar refractivity (Wildman–Crippen MR) is 99.7 cm³/mol. The highest BCUT2D eigenvalue weighted by Gasteiger charge is 2.44. The molecule has 126 valence electrons. The van der Waals surface area contributed by atoms with Crippen molar-refractivity contribution in [2.45, 2.75) is 24.7 Å². The molecule has 3 rings (SSSR count). The lowest BCUT2D eigenvalue weighted by Gasteiger charge is -2.19. The van der Waals surface area contributed by atoms with E-state index in [2.05, 4.69) is 32.7 Å². The van der Waals surface area contributed by atoms with Gasteiger partial charge in [0.15, 0.2) is 5.96 Å². The minimum absolute atomic E-state index is 0.198. The number of aliphatic imine (C=N–C) groups is 1. The van der Waals surface area contributed by atoms with Gasteiger partial charge in [-0.1, -0.05) is 29.8 Å². The molecule has 1 heterocycles. The SMILES string of the molecule is CN=C(NCCc1ccccn1)NCC1(c2cccc(Cl)c2)CC1. The molecule has 1 aliphatic carbocycles. The smallest absolute Gasteiger partial charge is 0.191 e. The fourth-order valence-electron chi connectivity index (χ4n) is 2.87. The molecule has 0 radical (unpaired) electrons. The summed E-state index contributed by atoms with van der Waals surface area (Å²) in [5.74, 6) is 0.833. The van der Waals surface area contributed by atoms with E-state index in [-0.39, 0.29) is 5.41 Å². The number of aromatic nitrogens is 1. The summed E-state index contributed by atoms with van der Waals surface area (Å²) in [5.41, 5.74) is 2.59. The molecule has 0 saturated heterocycles. The lowest BCUT2D eigenvalue weighted by molar-refractivity contribution is 0.645. The Hall–Kier alpha value is -2.07. The number of nitrogens with zero attached hydrogens (tertiary/aromatic N) is 2. The standard InChI is InChI=1S/C19H23ClN4/c1-21-18(23-12-8-17-7-2-3-11-22-17)24-14-19(9-10-19)15-5-4-6-16(20)13-15/h2-7,11,13H,8-10,12,14H2,1H3,(H2,21,23,24). The zero-order chi connectivity index (χ0) is 16.8. The Morgan fingerprint density at radius 3 is 2.75 bits per heavy atom. The lowest BCUT2D eigenvalue weighted by atomic mass is 9.96. The van der Waals surface area contributed by atoms with Crippen LogP contribution in [0.25, 0.3) is 0 Å². The van der Waals surface area contributed by atoms with E-state index in [4.69, 9.17) is 11.6 Å². The first-order valence-corrected chi connectivity index (χ1v) is 8.70. The molecule has 1 aromatic heterocycles. The minimum Gasteiger partial charge on any atom is -0.356 e. The van der Waals surface area contributed by atoms with E-state index in [1.54, 1.807) is 7.05 Å². The van der Waals surface area contributed by atoms with Crippen LogP contribution >= 0.6 is 11.6 Å². The summed E-state index contributed by atoms with van der Waals surface area (Å²) in [5, 5.41) is 7.61. The molecule has 0 aliphatic heterocycles. The maximum atomic E-state index is 6.13. The summed E-state index contributed by atoms with van der Waals surface area (Å²) in [6, 6.07) is 14.2. The summed E-state index contributed by atoms with van der Waals surface area (Å²) in [6.07, 6.45) is 5.07. The minimum atomic E-state index is 0.198. The molecule has 0 bridgehead atoms. The monoisotopic (exact) mass is 342 g/mol. The van der Waals surface area contributed by atoms with E-state index >= 15 is 0 Å². The van der Waals surface area contributed by atoms with Crippen molar-refractivity contribution in [3.63, 3.8) is 0 Å². The Morgan fingerprint density at radius 1 is 1.21 bits per heavy atom. The second-order valence-electron chi connectivity index (χ2n) is 6.21. The van der Waals surface area contributed by atoms with Crippen LogP contribution < -0.4 is 10.6 Å². The van der Waals surface area contributed by atoms with Crippen molar-refractivity contribution in [3.05, 3.63) is 64.9 Å². The van der Waals surface area contributed by atoms with Gasteiger partial charge in [-0.25, -0.2) is 0 Å². The number of pyridine rings is 1. The number of rotatable bonds is 6. The quantitative estimate of drug-likeness (QED) is 0.626. The Bertz CT molecular complexity index is 696. The lowest BCUT2D eigenvalue weighted by Crippen LogP contribution is -2.42. The molecule has 1 fully saturated rings. The Balaban J connectivity index is 1.49. The Kier molecular flexibility index (Phi) is 5.36. The molecule has 1 aromatic carbocycles. The van der Waals surface area contributed by atoms with E-state index in [0.717, 1.165) is 36.2 Å². The molecule has 2 N–H and O–H groups in total. The van der Waals surface area contributed by atoms with Gasteiger partial charge in [-0.05, 0) is 42.7 Å². The molecule has 0 amide bonds. The van der Waals surface area contributed by atoms with Crippen molar-refractivity contribution in [1.82, 2.24) is 15.6 Å². The van der Waals surface area contributed by atoms with Crippen LogP contribution in [0.15, 0.2) is 53.7 Å². The first-order valence-electron chi connectivity index (χ1n) is 8.32. The van der Waals surface area contributed by atoms with Crippen molar-refractivity contribution >= 4 is 17.6 Å². The Labute approximate surface area is 148 Å². The van der Waals surface area contributed by atoms with Crippen LogP contribution in [0.2, 0.25) is 5.02 Å². The highest BCUT2D eigenvalue weighted by molar-refractivity contribution is 6.30. The van der Waals surface area contributed by atoms with Gasteiger partial charge in [-0.15, -0.1) is 0 Å². The van der Waals surface area contributed by atoms with Crippen molar-refractivity contribution in [1.29, 1.82) is 0 Å². The second-order valence-corrected chi connectivity index (χ2v) is 6.65.